The van der Waals surface area contributed by atoms with Gasteiger partial charge in [0.25, 0.3) is 0 Å². The van der Waals surface area contributed by atoms with Gasteiger partial charge in [-0.1, -0.05) is 42.9 Å². The van der Waals surface area contributed by atoms with Gasteiger partial charge in [-0.3, -0.25) is 0 Å². The molecule has 0 aliphatic heterocycles. The fraction of sp³-hybridized carbons (Fsp3) is 0.500. The van der Waals surface area contributed by atoms with E-state index < -0.39 is 10.0 Å². The molecule has 1 aliphatic carbocycles. The van der Waals surface area contributed by atoms with Crippen LogP contribution in [0.2, 0.25) is 0 Å². The number of nitrogens with two attached hydrogens (primary N) is 1. The molecule has 0 atom stereocenters. The molecule has 1 saturated carbocycles. The van der Waals surface area contributed by atoms with Crippen molar-refractivity contribution in [2.45, 2.75) is 25.0 Å². The minimum absolute atomic E-state index is 0.0217. The van der Waals surface area contributed by atoms with Crippen LogP contribution in [-0.4, -0.2) is 31.3 Å². The molecule has 0 bridgehead atoms. The van der Waals surface area contributed by atoms with Gasteiger partial charge in [-0.2, -0.15) is 0 Å². The maximum absolute atomic E-state index is 12.3. The Hall–Kier alpha value is -0.980. The van der Waals surface area contributed by atoms with Crippen molar-refractivity contribution in [3.8, 4) is 0 Å². The first kappa shape index (κ1) is 15.4. The van der Waals surface area contributed by atoms with Crippen LogP contribution >= 0.6 is 12.2 Å². The van der Waals surface area contributed by atoms with Crippen LogP contribution in [-0.2, 0) is 15.8 Å². The highest BCUT2D eigenvalue weighted by atomic mass is 32.2. The Morgan fingerprint density at radius 1 is 1.35 bits per heavy atom. The molecule has 0 radical (unpaired) electrons. The first-order chi connectivity index (χ1) is 9.38. The van der Waals surface area contributed by atoms with Crippen molar-refractivity contribution < 1.29 is 8.42 Å². The lowest BCUT2D eigenvalue weighted by atomic mass is 9.86. The second kappa shape index (κ2) is 6.20. The lowest BCUT2D eigenvalue weighted by molar-refractivity contribution is 0.263. The number of hydrogen-bond donors (Lipinski definition) is 1. The first-order valence-electron chi connectivity index (χ1n) is 6.71. The molecule has 0 heterocycles. The summed E-state index contributed by atoms with van der Waals surface area (Å²) in [6, 6.07) is 7.06. The van der Waals surface area contributed by atoms with E-state index in [2.05, 4.69) is 0 Å². The van der Waals surface area contributed by atoms with Gasteiger partial charge in [-0.15, -0.1) is 0 Å². The molecule has 6 heteroatoms. The predicted molar refractivity (Wildman–Crippen MR) is 84.9 cm³/mol. The van der Waals surface area contributed by atoms with Crippen molar-refractivity contribution in [2.75, 3.05) is 13.6 Å². The van der Waals surface area contributed by atoms with Crippen LogP contribution in [0.3, 0.4) is 0 Å². The molecule has 0 unspecified atom stereocenters. The Morgan fingerprint density at radius 3 is 2.40 bits per heavy atom. The Labute approximate surface area is 126 Å². The van der Waals surface area contributed by atoms with Gasteiger partial charge in [-0.05, 0) is 24.3 Å². The smallest absolute Gasteiger partial charge is 0.218 e. The zero-order valence-corrected chi connectivity index (χ0v) is 13.2. The Kier molecular flexibility index (Phi) is 4.78. The van der Waals surface area contributed by atoms with E-state index in [0.29, 0.717) is 17.5 Å². The third kappa shape index (κ3) is 3.77. The van der Waals surface area contributed by atoms with E-state index in [1.807, 2.05) is 0 Å². The van der Waals surface area contributed by atoms with Crippen LogP contribution in [0.4, 0.5) is 0 Å². The van der Waals surface area contributed by atoms with E-state index in [0.717, 1.165) is 24.0 Å². The van der Waals surface area contributed by atoms with Crippen LogP contribution in [0.5, 0.6) is 0 Å². The van der Waals surface area contributed by atoms with Crippen molar-refractivity contribution in [1.82, 2.24) is 4.31 Å². The number of thiocarbonyl (C=S) groups is 1. The standard InChI is InChI=1S/C14H20N2O2S2/c1-16(9-11-3-2-4-11)20(17,18)10-12-5-7-13(8-6-12)14(15)19/h5-8,11H,2-4,9-10H2,1H3,(H2,15,19). The number of benzene rings is 1. The predicted octanol–water partition coefficient (Wildman–Crippen LogP) is 1.88. The molecule has 1 aromatic rings. The van der Waals surface area contributed by atoms with Gasteiger partial charge < -0.3 is 5.73 Å². The third-order valence-electron chi connectivity index (χ3n) is 3.80. The summed E-state index contributed by atoms with van der Waals surface area (Å²) in [7, 11) is -1.58. The van der Waals surface area contributed by atoms with Crippen LogP contribution in [0.15, 0.2) is 24.3 Å². The van der Waals surface area contributed by atoms with Crippen molar-refractivity contribution in [1.29, 1.82) is 0 Å². The molecule has 1 aliphatic rings. The summed E-state index contributed by atoms with van der Waals surface area (Å²) in [6.45, 7) is 0.632. The van der Waals surface area contributed by atoms with E-state index in [4.69, 9.17) is 18.0 Å². The van der Waals surface area contributed by atoms with E-state index in [9.17, 15) is 8.42 Å². The summed E-state index contributed by atoms with van der Waals surface area (Å²) in [5, 5.41) is 0. The minimum atomic E-state index is -3.25. The number of nitrogens with zero attached hydrogens (tertiary/aromatic N) is 1. The molecular formula is C14H20N2O2S2. The first-order valence-corrected chi connectivity index (χ1v) is 8.73. The topological polar surface area (TPSA) is 63.4 Å². The average Bonchev–Trinajstić information content (AvgIpc) is 2.33. The van der Waals surface area contributed by atoms with E-state index >= 15 is 0 Å². The zero-order valence-electron chi connectivity index (χ0n) is 11.6. The minimum Gasteiger partial charge on any atom is -0.389 e. The highest BCUT2D eigenvalue weighted by Gasteiger charge is 2.25. The molecule has 0 saturated heterocycles. The fourth-order valence-electron chi connectivity index (χ4n) is 2.24. The molecule has 20 heavy (non-hydrogen) atoms. The van der Waals surface area contributed by atoms with Crippen molar-refractivity contribution in [3.05, 3.63) is 35.4 Å². The van der Waals surface area contributed by atoms with Crippen molar-refractivity contribution in [3.63, 3.8) is 0 Å². The van der Waals surface area contributed by atoms with Gasteiger partial charge >= 0.3 is 0 Å². The highest BCUT2D eigenvalue weighted by molar-refractivity contribution is 7.88. The fourth-order valence-corrected chi connectivity index (χ4v) is 3.65. The molecular weight excluding hydrogens is 292 g/mol. The summed E-state index contributed by atoms with van der Waals surface area (Å²) in [4.78, 5) is 0.321. The summed E-state index contributed by atoms with van der Waals surface area (Å²) in [6.07, 6.45) is 3.50. The van der Waals surface area contributed by atoms with Crippen molar-refractivity contribution in [2.24, 2.45) is 11.7 Å². The second-order valence-electron chi connectivity index (χ2n) is 5.39. The van der Waals surface area contributed by atoms with Crippen LogP contribution in [0, 0.1) is 5.92 Å². The molecule has 1 aromatic carbocycles. The van der Waals surface area contributed by atoms with E-state index in [1.165, 1.54) is 10.7 Å². The van der Waals surface area contributed by atoms with Gasteiger partial charge in [0.2, 0.25) is 10.0 Å². The molecule has 2 rings (SSSR count). The van der Waals surface area contributed by atoms with Crippen molar-refractivity contribution >= 4 is 27.2 Å². The quantitative estimate of drug-likeness (QED) is 0.815. The zero-order chi connectivity index (χ0) is 14.8. The highest BCUT2D eigenvalue weighted by Crippen LogP contribution is 2.27. The molecule has 0 aromatic heterocycles. The van der Waals surface area contributed by atoms with Crippen LogP contribution in [0.1, 0.15) is 30.4 Å². The number of hydrogen-bond acceptors (Lipinski definition) is 3. The molecule has 0 amide bonds. The van der Waals surface area contributed by atoms with Crippen LogP contribution in [0.25, 0.3) is 0 Å². The molecule has 1 fully saturated rings. The molecule has 110 valence electrons. The van der Waals surface area contributed by atoms with Gasteiger partial charge in [-0.25, -0.2) is 12.7 Å². The third-order valence-corrected chi connectivity index (χ3v) is 5.84. The van der Waals surface area contributed by atoms with Gasteiger partial charge in [0.1, 0.15) is 4.99 Å². The Bertz CT molecular complexity index is 578. The summed E-state index contributed by atoms with van der Waals surface area (Å²) in [5.74, 6) is 0.556. The van der Waals surface area contributed by atoms with Gasteiger partial charge in [0.05, 0.1) is 5.75 Å². The Balaban J connectivity index is 2.01. The van der Waals surface area contributed by atoms with Crippen LogP contribution < -0.4 is 5.73 Å². The van der Waals surface area contributed by atoms with E-state index in [-0.39, 0.29) is 5.75 Å². The average molecular weight is 312 g/mol. The van der Waals surface area contributed by atoms with Gasteiger partial charge in [0.15, 0.2) is 0 Å². The second-order valence-corrected chi connectivity index (χ2v) is 7.91. The number of sulfonamides is 1. The SMILES string of the molecule is CN(CC1CCC1)S(=O)(=O)Cc1ccc(C(N)=S)cc1. The van der Waals surface area contributed by atoms with E-state index in [1.54, 1.807) is 31.3 Å². The summed E-state index contributed by atoms with van der Waals surface area (Å²) in [5.41, 5.74) is 7.03. The normalized spacial score (nSPS) is 16.1. The summed E-state index contributed by atoms with van der Waals surface area (Å²) >= 11 is 4.88. The Morgan fingerprint density at radius 2 is 1.95 bits per heavy atom. The maximum Gasteiger partial charge on any atom is 0.218 e. The number of rotatable bonds is 6. The monoisotopic (exact) mass is 312 g/mol. The summed E-state index contributed by atoms with van der Waals surface area (Å²) < 4.78 is 26.0. The largest absolute Gasteiger partial charge is 0.389 e. The maximum atomic E-state index is 12.3. The lowest BCUT2D eigenvalue weighted by Crippen LogP contribution is -2.35. The lowest BCUT2D eigenvalue weighted by Gasteiger charge is -2.29. The van der Waals surface area contributed by atoms with Gasteiger partial charge in [0, 0.05) is 19.2 Å². The molecule has 2 N–H and O–H groups in total. The molecule has 0 spiro atoms. The molecule has 4 nitrogen and oxygen atoms in total.